The van der Waals surface area contributed by atoms with Crippen molar-refractivity contribution in [1.82, 2.24) is 0 Å². The minimum Gasteiger partial charge on any atom is -0.478 e. The van der Waals surface area contributed by atoms with Crippen LogP contribution in [0.2, 0.25) is 0 Å². The molecule has 0 aromatic heterocycles. The van der Waals surface area contributed by atoms with Crippen molar-refractivity contribution in [3.05, 3.63) is 27.3 Å². The summed E-state index contributed by atoms with van der Waals surface area (Å²) in [6, 6.07) is 3.72. The molecule has 0 atom stereocenters. The topological polar surface area (TPSA) is 46.5 Å². The third-order valence-corrected chi connectivity index (χ3v) is 2.26. The Bertz CT molecular complexity index is 389. The van der Waals surface area contributed by atoms with Crippen molar-refractivity contribution in [3.63, 3.8) is 0 Å². The molecule has 0 aliphatic carbocycles. The summed E-state index contributed by atoms with van der Waals surface area (Å²) < 4.78 is 39.6. The van der Waals surface area contributed by atoms with Gasteiger partial charge >= 0.3 is 12.3 Å². The second-order valence-electron chi connectivity index (χ2n) is 2.47. The molecule has 15 heavy (non-hydrogen) atoms. The van der Waals surface area contributed by atoms with Gasteiger partial charge in [0.15, 0.2) is 5.75 Å². The lowest BCUT2D eigenvalue weighted by molar-refractivity contribution is -0.275. The number of benzene rings is 1. The third kappa shape index (κ3) is 3.26. The molecule has 0 saturated heterocycles. The zero-order valence-electron chi connectivity index (χ0n) is 7.01. The van der Waals surface area contributed by atoms with Gasteiger partial charge in [-0.05, 0) is 34.7 Å². The highest BCUT2D eigenvalue weighted by atomic mass is 127. The average molecular weight is 332 g/mol. The maximum atomic E-state index is 11.9. The quantitative estimate of drug-likeness (QED) is 0.848. The highest BCUT2D eigenvalue weighted by molar-refractivity contribution is 14.1. The van der Waals surface area contributed by atoms with Crippen LogP contribution >= 0.6 is 22.6 Å². The number of carbonyl (C=O) groups is 1. The molecule has 0 aliphatic rings. The third-order valence-electron chi connectivity index (χ3n) is 1.42. The smallest absolute Gasteiger partial charge is 0.478 e. The Kier molecular flexibility index (Phi) is 3.42. The van der Waals surface area contributed by atoms with Crippen LogP contribution < -0.4 is 4.74 Å². The number of ether oxygens (including phenoxy) is 1. The molecule has 1 aromatic rings. The normalized spacial score (nSPS) is 11.2. The molecule has 3 nitrogen and oxygen atoms in total. The molecular formula is C8H4F3IO3. The van der Waals surface area contributed by atoms with Crippen LogP contribution in [0.4, 0.5) is 13.2 Å². The fraction of sp³-hybridized carbons (Fsp3) is 0.125. The van der Waals surface area contributed by atoms with E-state index in [2.05, 4.69) is 4.74 Å². The molecular weight excluding hydrogens is 328 g/mol. The Morgan fingerprint density at radius 3 is 2.47 bits per heavy atom. The van der Waals surface area contributed by atoms with Crippen molar-refractivity contribution in [1.29, 1.82) is 0 Å². The van der Waals surface area contributed by atoms with Gasteiger partial charge in [0.1, 0.15) is 5.56 Å². The number of carboxylic acids is 1. The van der Waals surface area contributed by atoms with Crippen LogP contribution in [0, 0.1) is 3.57 Å². The molecule has 1 rings (SSSR count). The van der Waals surface area contributed by atoms with Gasteiger partial charge in [0, 0.05) is 0 Å². The summed E-state index contributed by atoms with van der Waals surface area (Å²) in [4.78, 5) is 10.6. The molecule has 0 unspecified atom stereocenters. The first-order valence-corrected chi connectivity index (χ1v) is 4.66. The number of alkyl halides is 3. The van der Waals surface area contributed by atoms with E-state index in [1.165, 1.54) is 12.1 Å². The Hall–Kier alpha value is -0.990. The minimum atomic E-state index is -4.90. The van der Waals surface area contributed by atoms with Crippen LogP contribution in [0.3, 0.4) is 0 Å². The van der Waals surface area contributed by atoms with Gasteiger partial charge in [-0.2, -0.15) is 0 Å². The lowest BCUT2D eigenvalue weighted by Gasteiger charge is -2.12. The zero-order chi connectivity index (χ0) is 11.6. The number of rotatable bonds is 2. The van der Waals surface area contributed by atoms with Crippen LogP contribution in [0.1, 0.15) is 10.4 Å². The van der Waals surface area contributed by atoms with E-state index in [0.29, 0.717) is 0 Å². The molecule has 1 aromatic carbocycles. The lowest BCUT2D eigenvalue weighted by atomic mass is 10.2. The summed E-state index contributed by atoms with van der Waals surface area (Å²) in [5.74, 6) is -2.15. The Morgan fingerprint density at radius 2 is 2.00 bits per heavy atom. The number of aromatic carboxylic acids is 1. The number of hydrogen-bond donors (Lipinski definition) is 1. The Balaban J connectivity index is 3.19. The highest BCUT2D eigenvalue weighted by Crippen LogP contribution is 2.31. The number of carboxylic acid groups (broad SMARTS) is 1. The molecule has 0 amide bonds. The van der Waals surface area contributed by atoms with E-state index in [4.69, 9.17) is 5.11 Å². The largest absolute Gasteiger partial charge is 0.573 e. The minimum absolute atomic E-state index is 0.0878. The molecule has 0 bridgehead atoms. The van der Waals surface area contributed by atoms with E-state index in [1.807, 2.05) is 0 Å². The maximum Gasteiger partial charge on any atom is 0.573 e. The number of para-hydroxylation sites is 1. The molecule has 82 valence electrons. The van der Waals surface area contributed by atoms with Crippen molar-refractivity contribution < 1.29 is 27.8 Å². The summed E-state index contributed by atoms with van der Waals surface area (Å²) in [5.41, 5.74) is -0.515. The van der Waals surface area contributed by atoms with Gasteiger partial charge in [0.25, 0.3) is 0 Å². The van der Waals surface area contributed by atoms with Gasteiger partial charge in [-0.1, -0.05) is 6.07 Å². The van der Waals surface area contributed by atoms with E-state index >= 15 is 0 Å². The van der Waals surface area contributed by atoms with Gasteiger partial charge in [-0.3, -0.25) is 0 Å². The van der Waals surface area contributed by atoms with E-state index in [1.54, 1.807) is 22.6 Å². The highest BCUT2D eigenvalue weighted by Gasteiger charge is 2.33. The van der Waals surface area contributed by atoms with Gasteiger partial charge in [-0.15, -0.1) is 13.2 Å². The van der Waals surface area contributed by atoms with E-state index in [-0.39, 0.29) is 3.57 Å². The second-order valence-corrected chi connectivity index (χ2v) is 3.63. The first kappa shape index (κ1) is 12.1. The first-order valence-electron chi connectivity index (χ1n) is 3.59. The Labute approximate surface area is 96.0 Å². The molecule has 0 heterocycles. The average Bonchev–Trinajstić information content (AvgIpc) is 2.05. The standard InChI is InChI=1S/C8H4F3IO3/c9-8(10,11)15-6-4(7(13)14)2-1-3-5(6)12/h1-3H,(H,13,14). The molecule has 0 spiro atoms. The van der Waals surface area contributed by atoms with Crippen molar-refractivity contribution in [2.24, 2.45) is 0 Å². The summed E-state index contributed by atoms with van der Waals surface area (Å²) in [7, 11) is 0. The summed E-state index contributed by atoms with van der Waals surface area (Å²) >= 11 is 1.57. The molecule has 0 saturated carbocycles. The van der Waals surface area contributed by atoms with Crippen molar-refractivity contribution in [3.8, 4) is 5.75 Å². The molecule has 0 aliphatic heterocycles. The van der Waals surface area contributed by atoms with Crippen LogP contribution in [-0.2, 0) is 0 Å². The van der Waals surface area contributed by atoms with E-state index < -0.39 is 23.6 Å². The van der Waals surface area contributed by atoms with E-state index in [0.717, 1.165) is 6.07 Å². The summed E-state index contributed by atoms with van der Waals surface area (Å²) in [6.45, 7) is 0. The molecule has 0 radical (unpaired) electrons. The predicted octanol–water partition coefficient (Wildman–Crippen LogP) is 2.89. The summed E-state index contributed by atoms with van der Waals surface area (Å²) in [6.07, 6.45) is -4.90. The van der Waals surface area contributed by atoms with Crippen molar-refractivity contribution in [2.45, 2.75) is 6.36 Å². The SMILES string of the molecule is O=C(O)c1cccc(I)c1OC(F)(F)F. The zero-order valence-corrected chi connectivity index (χ0v) is 9.17. The molecule has 7 heteroatoms. The fourth-order valence-corrected chi connectivity index (χ4v) is 1.50. The summed E-state index contributed by atoms with van der Waals surface area (Å²) in [5, 5.41) is 8.64. The second kappa shape index (κ2) is 4.25. The maximum absolute atomic E-state index is 11.9. The van der Waals surface area contributed by atoms with Crippen LogP contribution in [-0.4, -0.2) is 17.4 Å². The monoisotopic (exact) mass is 332 g/mol. The molecule has 1 N–H and O–H groups in total. The fourth-order valence-electron chi connectivity index (χ4n) is 0.897. The van der Waals surface area contributed by atoms with Gasteiger partial charge in [0.05, 0.1) is 3.57 Å². The van der Waals surface area contributed by atoms with Crippen LogP contribution in [0.25, 0.3) is 0 Å². The van der Waals surface area contributed by atoms with Crippen LogP contribution in [0.15, 0.2) is 18.2 Å². The lowest BCUT2D eigenvalue weighted by Crippen LogP contribution is -2.19. The van der Waals surface area contributed by atoms with Crippen LogP contribution in [0.5, 0.6) is 5.75 Å². The van der Waals surface area contributed by atoms with Crippen molar-refractivity contribution >= 4 is 28.6 Å². The number of halogens is 4. The predicted molar refractivity (Wildman–Crippen MR) is 52.8 cm³/mol. The van der Waals surface area contributed by atoms with Gasteiger partial charge in [0.2, 0.25) is 0 Å². The first-order chi connectivity index (χ1) is 6.81. The number of hydrogen-bond acceptors (Lipinski definition) is 2. The van der Waals surface area contributed by atoms with Gasteiger partial charge < -0.3 is 9.84 Å². The van der Waals surface area contributed by atoms with Gasteiger partial charge in [-0.25, -0.2) is 4.79 Å². The molecule has 0 fully saturated rings. The Morgan fingerprint density at radius 1 is 1.40 bits per heavy atom. The van der Waals surface area contributed by atoms with Crippen molar-refractivity contribution in [2.75, 3.05) is 0 Å². The van der Waals surface area contributed by atoms with E-state index in [9.17, 15) is 18.0 Å².